The molecular weight excluding hydrogens is 175 g/mol. The number of alkyl halides is 1. The smallest absolute Gasteiger partial charge is 0.339 e. The summed E-state index contributed by atoms with van der Waals surface area (Å²) in [6, 6.07) is 0. The number of carboxylic acids is 1. The molecule has 0 saturated heterocycles. The van der Waals surface area contributed by atoms with E-state index in [4.69, 9.17) is 5.11 Å². The van der Waals surface area contributed by atoms with Crippen molar-refractivity contribution < 1.29 is 14.3 Å². The third-order valence-corrected chi connectivity index (χ3v) is 2.17. The van der Waals surface area contributed by atoms with Gasteiger partial charge in [0.15, 0.2) is 5.67 Å². The minimum atomic E-state index is -1.48. The van der Waals surface area contributed by atoms with Crippen LogP contribution in [0, 0.1) is 0 Å². The Bertz CT molecular complexity index is 368. The maximum atomic E-state index is 13.5. The molecule has 1 N–H and O–H groups in total. The van der Waals surface area contributed by atoms with E-state index in [1.54, 1.807) is 7.05 Å². The summed E-state index contributed by atoms with van der Waals surface area (Å²) >= 11 is 0. The predicted molar refractivity (Wildman–Crippen MR) is 42.2 cm³/mol. The van der Waals surface area contributed by atoms with E-state index in [2.05, 4.69) is 5.10 Å². The van der Waals surface area contributed by atoms with E-state index in [9.17, 15) is 9.18 Å². The van der Waals surface area contributed by atoms with Gasteiger partial charge in [-0.3, -0.25) is 4.68 Å². The second kappa shape index (κ2) is 2.31. The zero-order chi connectivity index (χ0) is 9.64. The van der Waals surface area contributed by atoms with Crippen molar-refractivity contribution in [3.05, 3.63) is 17.5 Å². The Morgan fingerprint density at radius 3 is 2.85 bits per heavy atom. The van der Waals surface area contributed by atoms with Crippen molar-refractivity contribution in [2.75, 3.05) is 0 Å². The highest BCUT2D eigenvalue weighted by Crippen LogP contribution is 2.49. The summed E-state index contributed by atoms with van der Waals surface area (Å²) in [5.41, 5.74) is -1.43. The molecule has 0 aromatic carbocycles. The van der Waals surface area contributed by atoms with E-state index in [-0.39, 0.29) is 11.3 Å². The van der Waals surface area contributed by atoms with Crippen LogP contribution in [0.1, 0.15) is 28.9 Å². The van der Waals surface area contributed by atoms with Crippen molar-refractivity contribution in [2.24, 2.45) is 7.05 Å². The Labute approximate surface area is 74.0 Å². The van der Waals surface area contributed by atoms with E-state index < -0.39 is 11.6 Å². The lowest BCUT2D eigenvalue weighted by Gasteiger charge is -2.00. The van der Waals surface area contributed by atoms with E-state index >= 15 is 0 Å². The van der Waals surface area contributed by atoms with Crippen molar-refractivity contribution in [1.82, 2.24) is 9.78 Å². The molecule has 1 aliphatic rings. The second-order valence-electron chi connectivity index (χ2n) is 3.34. The van der Waals surface area contributed by atoms with Crippen LogP contribution in [0.3, 0.4) is 0 Å². The molecule has 4 nitrogen and oxygen atoms in total. The molecule has 0 radical (unpaired) electrons. The number of aromatic nitrogens is 2. The summed E-state index contributed by atoms with van der Waals surface area (Å²) in [5.74, 6) is -1.12. The molecule has 0 spiro atoms. The van der Waals surface area contributed by atoms with Crippen LogP contribution in [0.15, 0.2) is 6.20 Å². The van der Waals surface area contributed by atoms with Gasteiger partial charge in [0.1, 0.15) is 11.3 Å². The molecule has 0 aliphatic heterocycles. The number of nitrogens with zero attached hydrogens (tertiary/aromatic N) is 2. The monoisotopic (exact) mass is 184 g/mol. The fraction of sp³-hybridized carbons (Fsp3) is 0.500. The summed E-state index contributed by atoms with van der Waals surface area (Å²) in [6.07, 6.45) is 2.09. The normalized spacial score (nSPS) is 18.6. The van der Waals surface area contributed by atoms with Gasteiger partial charge in [-0.1, -0.05) is 0 Å². The molecule has 1 fully saturated rings. The van der Waals surface area contributed by atoms with Gasteiger partial charge in [0.05, 0.1) is 0 Å². The van der Waals surface area contributed by atoms with Gasteiger partial charge in [0.25, 0.3) is 0 Å². The molecule has 5 heteroatoms. The Kier molecular flexibility index (Phi) is 1.46. The summed E-state index contributed by atoms with van der Waals surface area (Å²) in [7, 11) is 1.58. The van der Waals surface area contributed by atoms with Crippen molar-refractivity contribution >= 4 is 5.97 Å². The summed E-state index contributed by atoms with van der Waals surface area (Å²) in [4.78, 5) is 10.7. The summed E-state index contributed by atoms with van der Waals surface area (Å²) in [6.45, 7) is 0. The highest BCUT2D eigenvalue weighted by atomic mass is 19.1. The van der Waals surface area contributed by atoms with E-state index in [1.165, 1.54) is 10.9 Å². The highest BCUT2D eigenvalue weighted by Gasteiger charge is 2.49. The lowest BCUT2D eigenvalue weighted by molar-refractivity contribution is 0.0692. The average molecular weight is 184 g/mol. The molecule has 1 aromatic heterocycles. The molecular formula is C8H9FN2O2. The SMILES string of the molecule is Cn1cc(C(=O)O)c(C2(F)CC2)n1. The Balaban J connectivity index is 2.49. The first-order chi connectivity index (χ1) is 6.03. The summed E-state index contributed by atoms with van der Waals surface area (Å²) in [5, 5.41) is 12.6. The van der Waals surface area contributed by atoms with Crippen molar-refractivity contribution in [2.45, 2.75) is 18.5 Å². The van der Waals surface area contributed by atoms with E-state index in [0.29, 0.717) is 12.8 Å². The minimum absolute atomic E-state index is 0.0255. The van der Waals surface area contributed by atoms with Gasteiger partial charge in [-0.2, -0.15) is 5.10 Å². The predicted octanol–water partition coefficient (Wildman–Crippen LogP) is 1.08. The molecule has 1 saturated carbocycles. The maximum Gasteiger partial charge on any atom is 0.339 e. The molecule has 0 unspecified atom stereocenters. The van der Waals surface area contributed by atoms with Gasteiger partial charge in [0.2, 0.25) is 0 Å². The zero-order valence-electron chi connectivity index (χ0n) is 7.12. The number of aryl methyl sites for hydroxylation is 1. The van der Waals surface area contributed by atoms with Crippen LogP contribution in [-0.4, -0.2) is 20.9 Å². The first kappa shape index (κ1) is 8.22. The van der Waals surface area contributed by atoms with Gasteiger partial charge < -0.3 is 5.11 Å². The van der Waals surface area contributed by atoms with Crippen LogP contribution < -0.4 is 0 Å². The van der Waals surface area contributed by atoms with E-state index in [1.807, 2.05) is 0 Å². The lowest BCUT2D eigenvalue weighted by atomic mass is 10.1. The second-order valence-corrected chi connectivity index (χ2v) is 3.34. The first-order valence-corrected chi connectivity index (χ1v) is 3.99. The molecule has 70 valence electrons. The number of rotatable bonds is 2. The highest BCUT2D eigenvalue weighted by molar-refractivity contribution is 5.89. The summed E-state index contributed by atoms with van der Waals surface area (Å²) < 4.78 is 14.9. The van der Waals surface area contributed by atoms with Gasteiger partial charge in [-0.25, -0.2) is 9.18 Å². The number of carbonyl (C=O) groups is 1. The van der Waals surface area contributed by atoms with E-state index in [0.717, 1.165) is 0 Å². The zero-order valence-corrected chi connectivity index (χ0v) is 7.12. The van der Waals surface area contributed by atoms with Crippen molar-refractivity contribution in [3.63, 3.8) is 0 Å². The van der Waals surface area contributed by atoms with Crippen LogP contribution in [0.2, 0.25) is 0 Å². The number of hydrogen-bond donors (Lipinski definition) is 1. The molecule has 0 bridgehead atoms. The Morgan fingerprint density at radius 1 is 1.77 bits per heavy atom. The van der Waals surface area contributed by atoms with Crippen LogP contribution >= 0.6 is 0 Å². The van der Waals surface area contributed by atoms with Crippen LogP contribution in [0.4, 0.5) is 4.39 Å². The molecule has 0 atom stereocenters. The molecule has 1 aliphatic carbocycles. The minimum Gasteiger partial charge on any atom is -0.478 e. The number of carboxylic acid groups (broad SMARTS) is 1. The van der Waals surface area contributed by atoms with Gasteiger partial charge in [-0.15, -0.1) is 0 Å². The average Bonchev–Trinajstić information content (AvgIpc) is 2.62. The topological polar surface area (TPSA) is 55.1 Å². The number of aromatic carboxylic acids is 1. The van der Waals surface area contributed by atoms with Crippen molar-refractivity contribution in [3.8, 4) is 0 Å². The molecule has 1 heterocycles. The Morgan fingerprint density at radius 2 is 2.38 bits per heavy atom. The van der Waals surface area contributed by atoms with Crippen LogP contribution in [-0.2, 0) is 12.7 Å². The quantitative estimate of drug-likeness (QED) is 0.748. The standard InChI is InChI=1S/C8H9FN2O2/c1-11-4-5(7(12)13)6(10-11)8(9)2-3-8/h4H,2-3H2,1H3,(H,12,13). The lowest BCUT2D eigenvalue weighted by Crippen LogP contribution is -2.07. The third-order valence-electron chi connectivity index (χ3n) is 2.17. The maximum absolute atomic E-state index is 13.5. The molecule has 0 amide bonds. The number of hydrogen-bond acceptors (Lipinski definition) is 2. The van der Waals surface area contributed by atoms with Crippen molar-refractivity contribution in [1.29, 1.82) is 0 Å². The first-order valence-electron chi connectivity index (χ1n) is 3.99. The van der Waals surface area contributed by atoms with Crippen LogP contribution in [0.25, 0.3) is 0 Å². The van der Waals surface area contributed by atoms with Crippen LogP contribution in [0.5, 0.6) is 0 Å². The molecule has 2 rings (SSSR count). The Hall–Kier alpha value is -1.39. The van der Waals surface area contributed by atoms with Gasteiger partial charge in [0, 0.05) is 13.2 Å². The fourth-order valence-electron chi connectivity index (χ4n) is 1.32. The van der Waals surface area contributed by atoms with Gasteiger partial charge >= 0.3 is 5.97 Å². The molecule has 13 heavy (non-hydrogen) atoms. The third kappa shape index (κ3) is 1.20. The fourth-order valence-corrected chi connectivity index (χ4v) is 1.32. The largest absolute Gasteiger partial charge is 0.478 e. The molecule has 1 aromatic rings. The van der Waals surface area contributed by atoms with Gasteiger partial charge in [-0.05, 0) is 12.8 Å². The number of halogens is 1.